The molecule has 2 aliphatic carbocycles. The Balaban J connectivity index is 1.56. The minimum absolute atomic E-state index is 0.0351. The standard InChI is InChI=1S/C32H40O4/c1-4-8-23(20-31(34)35)24-9-6-12-27(19-24)36-21-22-14-15-28(25-10-5-11-26(33)18-25)29(17-22)30-13-7-16-32(30,2)3/h5-6,9-11,14-15,17-19,23,27,30,33H,4,7-8,12-13,16,20-21H2,1-3H3,(H,34,35)/t23-,27?,30-/m1/s1. The summed E-state index contributed by atoms with van der Waals surface area (Å²) in [7, 11) is 0. The summed E-state index contributed by atoms with van der Waals surface area (Å²) in [5.41, 5.74) is 6.04. The summed E-state index contributed by atoms with van der Waals surface area (Å²) < 4.78 is 6.35. The van der Waals surface area contributed by atoms with E-state index in [1.807, 2.05) is 12.1 Å². The SMILES string of the molecule is CCC[C@H](CC(=O)O)C1=CC(OCc2ccc(-c3cccc(O)c3)c([C@H]3CCCC3(C)C)c2)CC=C1. The number of allylic oxidation sites excluding steroid dienone is 2. The highest BCUT2D eigenvalue weighted by Gasteiger charge is 2.36. The van der Waals surface area contributed by atoms with E-state index in [0.29, 0.717) is 12.5 Å². The number of hydrogen-bond donors (Lipinski definition) is 2. The fourth-order valence-corrected chi connectivity index (χ4v) is 6.04. The normalized spacial score (nSPS) is 21.8. The second-order valence-electron chi connectivity index (χ2n) is 11.1. The van der Waals surface area contributed by atoms with Crippen LogP contribution in [-0.2, 0) is 16.1 Å². The number of phenols is 1. The molecule has 4 nitrogen and oxygen atoms in total. The molecule has 2 aromatic carbocycles. The summed E-state index contributed by atoms with van der Waals surface area (Å²) in [5, 5.41) is 19.4. The van der Waals surface area contributed by atoms with Crippen molar-refractivity contribution in [1.29, 1.82) is 0 Å². The Morgan fingerprint density at radius 1 is 1.19 bits per heavy atom. The van der Waals surface area contributed by atoms with Gasteiger partial charge in [-0.2, -0.15) is 0 Å². The molecule has 2 aromatic rings. The summed E-state index contributed by atoms with van der Waals surface area (Å²) in [6.07, 6.45) is 12.7. The Bertz CT molecular complexity index is 1130. The number of aromatic hydroxyl groups is 1. The number of phenolic OH excluding ortho intramolecular Hbond substituents is 1. The van der Waals surface area contributed by atoms with E-state index in [-0.39, 0.29) is 29.6 Å². The van der Waals surface area contributed by atoms with Crippen LogP contribution in [0.15, 0.2) is 66.3 Å². The molecule has 1 fully saturated rings. The number of carboxylic acid groups (broad SMARTS) is 1. The highest BCUT2D eigenvalue weighted by molar-refractivity contribution is 5.70. The number of benzene rings is 2. The van der Waals surface area contributed by atoms with Gasteiger partial charge in [-0.05, 0) is 82.9 Å². The van der Waals surface area contributed by atoms with Crippen LogP contribution in [0.5, 0.6) is 5.75 Å². The molecule has 0 heterocycles. The predicted octanol–water partition coefficient (Wildman–Crippen LogP) is 8.02. The third kappa shape index (κ3) is 6.28. The molecule has 0 spiro atoms. The minimum Gasteiger partial charge on any atom is -0.508 e. The zero-order valence-electron chi connectivity index (χ0n) is 21.9. The number of hydrogen-bond acceptors (Lipinski definition) is 3. The Hall–Kier alpha value is -2.85. The first-order valence-electron chi connectivity index (χ1n) is 13.4. The maximum absolute atomic E-state index is 11.4. The molecule has 0 aromatic heterocycles. The van der Waals surface area contributed by atoms with Crippen LogP contribution in [0.3, 0.4) is 0 Å². The van der Waals surface area contributed by atoms with Gasteiger partial charge >= 0.3 is 5.97 Å². The van der Waals surface area contributed by atoms with Crippen molar-refractivity contribution < 1.29 is 19.7 Å². The lowest BCUT2D eigenvalue weighted by atomic mass is 9.75. The Morgan fingerprint density at radius 2 is 2.03 bits per heavy atom. The van der Waals surface area contributed by atoms with Crippen molar-refractivity contribution in [2.24, 2.45) is 11.3 Å². The van der Waals surface area contributed by atoms with Crippen molar-refractivity contribution >= 4 is 5.97 Å². The van der Waals surface area contributed by atoms with E-state index in [1.54, 1.807) is 6.07 Å². The fraction of sp³-hybridized carbons (Fsp3) is 0.469. The maximum Gasteiger partial charge on any atom is 0.303 e. The smallest absolute Gasteiger partial charge is 0.303 e. The van der Waals surface area contributed by atoms with Crippen molar-refractivity contribution in [1.82, 2.24) is 0 Å². The highest BCUT2D eigenvalue weighted by atomic mass is 16.5. The second kappa shape index (κ2) is 11.5. The molecule has 4 heteroatoms. The van der Waals surface area contributed by atoms with Gasteiger partial charge in [0.15, 0.2) is 0 Å². The molecule has 3 atom stereocenters. The molecule has 2 N–H and O–H groups in total. The summed E-state index contributed by atoms with van der Waals surface area (Å²) in [4.78, 5) is 11.4. The van der Waals surface area contributed by atoms with Gasteiger partial charge in [-0.1, -0.05) is 82.2 Å². The molecule has 2 aliphatic rings. The zero-order chi connectivity index (χ0) is 25.7. The molecule has 36 heavy (non-hydrogen) atoms. The summed E-state index contributed by atoms with van der Waals surface area (Å²) in [6, 6.07) is 14.2. The molecule has 192 valence electrons. The molecular weight excluding hydrogens is 448 g/mol. The number of aliphatic carboxylic acids is 1. The number of ether oxygens (including phenoxy) is 1. The van der Waals surface area contributed by atoms with E-state index >= 15 is 0 Å². The molecular formula is C32H40O4. The lowest BCUT2D eigenvalue weighted by Crippen LogP contribution is -2.18. The van der Waals surface area contributed by atoms with Crippen molar-refractivity contribution in [2.45, 2.75) is 84.3 Å². The highest BCUT2D eigenvalue weighted by Crippen LogP contribution is 2.51. The first-order valence-corrected chi connectivity index (χ1v) is 13.4. The van der Waals surface area contributed by atoms with E-state index in [9.17, 15) is 15.0 Å². The lowest BCUT2D eigenvalue weighted by molar-refractivity contribution is -0.137. The topological polar surface area (TPSA) is 66.8 Å². The van der Waals surface area contributed by atoms with E-state index in [1.165, 1.54) is 30.4 Å². The van der Waals surface area contributed by atoms with Gasteiger partial charge in [0.2, 0.25) is 0 Å². The number of carboxylic acids is 1. The first-order chi connectivity index (χ1) is 17.3. The quantitative estimate of drug-likeness (QED) is 0.355. The second-order valence-corrected chi connectivity index (χ2v) is 11.1. The van der Waals surface area contributed by atoms with Crippen LogP contribution >= 0.6 is 0 Å². The van der Waals surface area contributed by atoms with Gasteiger partial charge < -0.3 is 14.9 Å². The van der Waals surface area contributed by atoms with E-state index in [4.69, 9.17) is 4.74 Å². The molecule has 0 saturated heterocycles. The van der Waals surface area contributed by atoms with E-state index in [0.717, 1.165) is 36.0 Å². The molecule has 0 radical (unpaired) electrons. The van der Waals surface area contributed by atoms with Gasteiger partial charge in [-0.25, -0.2) is 0 Å². The number of carbonyl (C=O) groups is 1. The molecule has 1 unspecified atom stereocenters. The molecule has 4 rings (SSSR count). The molecule has 0 bridgehead atoms. The largest absolute Gasteiger partial charge is 0.508 e. The van der Waals surface area contributed by atoms with Gasteiger partial charge in [-0.15, -0.1) is 0 Å². The average Bonchev–Trinajstić information content (AvgIpc) is 3.21. The van der Waals surface area contributed by atoms with Crippen LogP contribution in [0.1, 0.15) is 82.8 Å². The van der Waals surface area contributed by atoms with Crippen LogP contribution < -0.4 is 0 Å². The van der Waals surface area contributed by atoms with Gasteiger partial charge in [0.1, 0.15) is 5.75 Å². The third-order valence-electron chi connectivity index (χ3n) is 7.96. The Labute approximate surface area is 215 Å². The molecule has 0 amide bonds. The van der Waals surface area contributed by atoms with Crippen LogP contribution in [0.4, 0.5) is 0 Å². The first kappa shape index (κ1) is 26.2. The predicted molar refractivity (Wildman–Crippen MR) is 145 cm³/mol. The zero-order valence-corrected chi connectivity index (χ0v) is 21.9. The van der Waals surface area contributed by atoms with Crippen LogP contribution in [0.2, 0.25) is 0 Å². The van der Waals surface area contributed by atoms with Crippen molar-refractivity contribution in [2.75, 3.05) is 0 Å². The minimum atomic E-state index is -0.750. The van der Waals surface area contributed by atoms with Gasteiger partial charge in [0, 0.05) is 0 Å². The maximum atomic E-state index is 11.4. The van der Waals surface area contributed by atoms with Crippen molar-refractivity contribution in [3.8, 4) is 16.9 Å². The van der Waals surface area contributed by atoms with Crippen LogP contribution in [0, 0.1) is 11.3 Å². The fourth-order valence-electron chi connectivity index (χ4n) is 6.04. The van der Waals surface area contributed by atoms with Crippen molar-refractivity contribution in [3.05, 3.63) is 77.4 Å². The summed E-state index contributed by atoms with van der Waals surface area (Å²) in [5.74, 6) is 0.0337. The van der Waals surface area contributed by atoms with Crippen LogP contribution in [0.25, 0.3) is 11.1 Å². The van der Waals surface area contributed by atoms with Crippen molar-refractivity contribution in [3.63, 3.8) is 0 Å². The molecule has 1 saturated carbocycles. The third-order valence-corrected chi connectivity index (χ3v) is 7.96. The van der Waals surface area contributed by atoms with Gasteiger partial charge in [0.25, 0.3) is 0 Å². The Morgan fingerprint density at radius 3 is 2.72 bits per heavy atom. The average molecular weight is 489 g/mol. The van der Waals surface area contributed by atoms with Gasteiger partial charge in [-0.3, -0.25) is 4.79 Å². The van der Waals surface area contributed by atoms with E-state index in [2.05, 4.69) is 63.3 Å². The summed E-state index contributed by atoms with van der Waals surface area (Å²) >= 11 is 0. The monoisotopic (exact) mass is 488 g/mol. The lowest BCUT2D eigenvalue weighted by Gasteiger charge is -2.30. The summed E-state index contributed by atoms with van der Waals surface area (Å²) in [6.45, 7) is 7.34. The molecule has 0 aliphatic heterocycles. The van der Waals surface area contributed by atoms with Crippen LogP contribution in [-0.4, -0.2) is 22.3 Å². The Kier molecular flexibility index (Phi) is 8.35. The number of rotatable bonds is 10. The van der Waals surface area contributed by atoms with Gasteiger partial charge in [0.05, 0.1) is 19.1 Å². The van der Waals surface area contributed by atoms with E-state index < -0.39 is 5.97 Å².